The average molecular weight is 260 g/mol. The molecule has 0 N–H and O–H groups in total. The zero-order valence-corrected chi connectivity index (χ0v) is 9.28. The molecule has 1 saturated heterocycles. The molecule has 2 rings (SSSR count). The maximum atomic E-state index is 5.51. The second kappa shape index (κ2) is 4.14. The summed E-state index contributed by atoms with van der Waals surface area (Å²) in [5, 5.41) is 0. The topological polar surface area (TPSA) is 40.6 Å². The molecule has 1 fully saturated rings. The van der Waals surface area contributed by atoms with Crippen LogP contribution in [0.3, 0.4) is 0 Å². The molecule has 0 unspecified atom stereocenters. The molecule has 5 heteroatoms. The Balaban J connectivity index is 2.07. The molecule has 1 aliphatic heterocycles. The van der Waals surface area contributed by atoms with Gasteiger partial charge >= 0.3 is 0 Å². The second-order valence-corrected chi connectivity index (χ2v) is 3.79. The minimum Gasteiger partial charge on any atom is -0.494 e. The van der Waals surface area contributed by atoms with E-state index in [1.807, 2.05) is 0 Å². The molecule has 0 radical (unpaired) electrons. The average Bonchev–Trinajstić information content (AvgIpc) is 2.12. The molecule has 1 aliphatic rings. The summed E-state index contributed by atoms with van der Waals surface area (Å²) in [5.41, 5.74) is 0. The van der Waals surface area contributed by atoms with Crippen molar-refractivity contribution in [1.82, 2.24) is 4.98 Å². The summed E-state index contributed by atoms with van der Waals surface area (Å²) in [5.74, 6) is 1.29. The molecule has 4 nitrogen and oxygen atoms in total. The van der Waals surface area contributed by atoms with Gasteiger partial charge in [-0.2, -0.15) is 0 Å². The predicted octanol–water partition coefficient (Wildman–Crippen LogP) is 1.63. The van der Waals surface area contributed by atoms with Crippen LogP contribution in [-0.2, 0) is 4.74 Å². The summed E-state index contributed by atoms with van der Waals surface area (Å²) in [7, 11) is 1.60. The van der Waals surface area contributed by atoms with E-state index in [1.54, 1.807) is 19.4 Å². The predicted molar refractivity (Wildman–Crippen MR) is 53.7 cm³/mol. The van der Waals surface area contributed by atoms with Crippen LogP contribution in [0.2, 0.25) is 0 Å². The van der Waals surface area contributed by atoms with Gasteiger partial charge in [-0.15, -0.1) is 0 Å². The van der Waals surface area contributed by atoms with Gasteiger partial charge < -0.3 is 14.2 Å². The molecule has 14 heavy (non-hydrogen) atoms. The fourth-order valence-electron chi connectivity index (χ4n) is 1.07. The number of halogens is 1. The van der Waals surface area contributed by atoms with Gasteiger partial charge in [0.1, 0.15) is 6.10 Å². The lowest BCUT2D eigenvalue weighted by molar-refractivity contribution is -0.0813. The van der Waals surface area contributed by atoms with Crippen molar-refractivity contribution >= 4 is 15.9 Å². The Morgan fingerprint density at radius 1 is 1.57 bits per heavy atom. The number of nitrogens with zero attached hydrogens (tertiary/aromatic N) is 1. The number of hydrogen-bond acceptors (Lipinski definition) is 4. The van der Waals surface area contributed by atoms with E-state index in [9.17, 15) is 0 Å². The van der Waals surface area contributed by atoms with Crippen molar-refractivity contribution in [2.45, 2.75) is 6.10 Å². The monoisotopic (exact) mass is 259 g/mol. The molecule has 0 spiro atoms. The molecular formula is C9H10BrNO3. The number of pyridine rings is 1. The van der Waals surface area contributed by atoms with Crippen LogP contribution in [0.15, 0.2) is 16.7 Å². The first-order valence-corrected chi connectivity index (χ1v) is 5.03. The Bertz CT molecular complexity index is 328. The van der Waals surface area contributed by atoms with Gasteiger partial charge in [0.15, 0.2) is 5.75 Å². The van der Waals surface area contributed by atoms with Crippen LogP contribution in [0.1, 0.15) is 0 Å². The Morgan fingerprint density at radius 3 is 2.86 bits per heavy atom. The summed E-state index contributed by atoms with van der Waals surface area (Å²) in [4.78, 5) is 4.10. The van der Waals surface area contributed by atoms with Crippen LogP contribution in [0.4, 0.5) is 0 Å². The van der Waals surface area contributed by atoms with E-state index in [4.69, 9.17) is 14.2 Å². The van der Waals surface area contributed by atoms with E-state index < -0.39 is 0 Å². The molecule has 0 aliphatic carbocycles. The third kappa shape index (κ3) is 1.99. The minimum absolute atomic E-state index is 0.141. The molecule has 76 valence electrons. The van der Waals surface area contributed by atoms with E-state index in [-0.39, 0.29) is 6.10 Å². The lowest BCUT2D eigenvalue weighted by atomic mass is 10.3. The van der Waals surface area contributed by atoms with Crippen molar-refractivity contribution in [3.63, 3.8) is 0 Å². The molecule has 0 bridgehead atoms. The molecule has 1 aromatic rings. The van der Waals surface area contributed by atoms with Crippen molar-refractivity contribution < 1.29 is 14.2 Å². The Morgan fingerprint density at radius 2 is 2.36 bits per heavy atom. The SMILES string of the molecule is COc1cnc(OC2COC2)cc1Br. The number of methoxy groups -OCH3 is 1. The van der Waals surface area contributed by atoms with E-state index in [0.717, 1.165) is 4.47 Å². The standard InChI is InChI=1S/C9H10BrNO3/c1-12-8-3-11-9(2-7(8)10)14-6-4-13-5-6/h2-3,6H,4-5H2,1H3. The Hall–Kier alpha value is -0.810. The first-order chi connectivity index (χ1) is 6.79. The molecule has 2 heterocycles. The van der Waals surface area contributed by atoms with Crippen molar-refractivity contribution in [1.29, 1.82) is 0 Å². The van der Waals surface area contributed by atoms with Gasteiger partial charge in [-0.25, -0.2) is 4.98 Å². The molecule has 1 aromatic heterocycles. The maximum Gasteiger partial charge on any atom is 0.215 e. The molecule has 0 atom stereocenters. The zero-order chi connectivity index (χ0) is 9.97. The van der Waals surface area contributed by atoms with E-state index >= 15 is 0 Å². The highest BCUT2D eigenvalue weighted by Crippen LogP contribution is 2.27. The van der Waals surface area contributed by atoms with Gasteiger partial charge in [0.05, 0.1) is 31.0 Å². The van der Waals surface area contributed by atoms with E-state index in [1.165, 1.54) is 0 Å². The highest BCUT2D eigenvalue weighted by molar-refractivity contribution is 9.10. The number of ether oxygens (including phenoxy) is 3. The summed E-state index contributed by atoms with van der Waals surface area (Å²) >= 11 is 3.36. The van der Waals surface area contributed by atoms with Crippen LogP contribution in [0, 0.1) is 0 Å². The van der Waals surface area contributed by atoms with Crippen molar-refractivity contribution in [3.05, 3.63) is 16.7 Å². The first-order valence-electron chi connectivity index (χ1n) is 4.23. The Kier molecular flexibility index (Phi) is 2.88. The van der Waals surface area contributed by atoms with E-state index in [0.29, 0.717) is 24.8 Å². The third-order valence-electron chi connectivity index (χ3n) is 1.91. The van der Waals surface area contributed by atoms with Gasteiger partial charge in [0.2, 0.25) is 5.88 Å². The second-order valence-electron chi connectivity index (χ2n) is 2.93. The van der Waals surface area contributed by atoms with Crippen LogP contribution >= 0.6 is 15.9 Å². The first kappa shape index (κ1) is 9.73. The highest BCUT2D eigenvalue weighted by Gasteiger charge is 2.20. The fourth-order valence-corrected chi connectivity index (χ4v) is 1.53. The van der Waals surface area contributed by atoms with Gasteiger partial charge in [-0.3, -0.25) is 0 Å². The van der Waals surface area contributed by atoms with Crippen LogP contribution in [0.25, 0.3) is 0 Å². The maximum absolute atomic E-state index is 5.51. The van der Waals surface area contributed by atoms with Gasteiger partial charge in [0, 0.05) is 6.07 Å². The van der Waals surface area contributed by atoms with Crippen LogP contribution < -0.4 is 9.47 Å². The largest absolute Gasteiger partial charge is 0.494 e. The van der Waals surface area contributed by atoms with Crippen LogP contribution in [0.5, 0.6) is 11.6 Å². The fraction of sp³-hybridized carbons (Fsp3) is 0.444. The molecule has 0 aromatic carbocycles. The molecule has 0 amide bonds. The quantitative estimate of drug-likeness (QED) is 0.828. The van der Waals surface area contributed by atoms with Gasteiger partial charge in [-0.05, 0) is 15.9 Å². The van der Waals surface area contributed by atoms with Gasteiger partial charge in [-0.1, -0.05) is 0 Å². The number of rotatable bonds is 3. The third-order valence-corrected chi connectivity index (χ3v) is 2.53. The normalized spacial score (nSPS) is 16.1. The number of aromatic nitrogens is 1. The Labute approximate surface area is 90.3 Å². The summed E-state index contributed by atoms with van der Waals surface area (Å²) < 4.78 is 16.4. The van der Waals surface area contributed by atoms with E-state index in [2.05, 4.69) is 20.9 Å². The molecular weight excluding hydrogens is 250 g/mol. The van der Waals surface area contributed by atoms with Crippen molar-refractivity contribution in [2.75, 3.05) is 20.3 Å². The summed E-state index contributed by atoms with van der Waals surface area (Å²) in [6.45, 7) is 1.29. The van der Waals surface area contributed by atoms with Crippen LogP contribution in [-0.4, -0.2) is 31.4 Å². The summed E-state index contributed by atoms with van der Waals surface area (Å²) in [6.07, 6.45) is 1.77. The zero-order valence-electron chi connectivity index (χ0n) is 7.70. The minimum atomic E-state index is 0.141. The lowest BCUT2D eigenvalue weighted by Crippen LogP contribution is -2.38. The highest BCUT2D eigenvalue weighted by atomic mass is 79.9. The van der Waals surface area contributed by atoms with Crippen molar-refractivity contribution in [2.24, 2.45) is 0 Å². The molecule has 0 saturated carbocycles. The van der Waals surface area contributed by atoms with Crippen molar-refractivity contribution in [3.8, 4) is 11.6 Å². The smallest absolute Gasteiger partial charge is 0.215 e. The number of hydrogen-bond donors (Lipinski definition) is 0. The van der Waals surface area contributed by atoms with Gasteiger partial charge in [0.25, 0.3) is 0 Å². The summed E-state index contributed by atoms with van der Waals surface area (Å²) in [6, 6.07) is 1.79. The lowest BCUT2D eigenvalue weighted by Gasteiger charge is -2.26.